The van der Waals surface area contributed by atoms with Crippen molar-refractivity contribution in [2.45, 2.75) is 24.8 Å². The highest BCUT2D eigenvalue weighted by Gasteiger charge is 2.50. The first-order valence-corrected chi connectivity index (χ1v) is 10.5. The number of carbonyl (C=O) groups excluding carboxylic acids is 1. The maximum atomic E-state index is 13.9. The molecular weight excluding hydrogens is 402 g/mol. The van der Waals surface area contributed by atoms with E-state index in [1.165, 1.54) is 5.56 Å². The number of carbonyl (C=O) groups is 2. The SMILES string of the molecule is CCC(CN1C(=O)C(c2ccccc2)(c2ccccc2)N=C1N)c1ccccc1.O=CO. The summed E-state index contributed by atoms with van der Waals surface area (Å²) in [5.41, 5.74) is 8.08. The van der Waals surface area contributed by atoms with Crippen molar-refractivity contribution < 1.29 is 14.7 Å². The zero-order valence-electron chi connectivity index (χ0n) is 18.0. The van der Waals surface area contributed by atoms with Gasteiger partial charge in [-0.1, -0.05) is 97.9 Å². The summed E-state index contributed by atoms with van der Waals surface area (Å²) < 4.78 is 0. The summed E-state index contributed by atoms with van der Waals surface area (Å²) >= 11 is 0. The molecule has 0 aliphatic carbocycles. The summed E-state index contributed by atoms with van der Waals surface area (Å²) in [4.78, 5) is 28.6. The summed E-state index contributed by atoms with van der Waals surface area (Å²) in [6.07, 6.45) is 0.907. The molecule has 0 fully saturated rings. The minimum Gasteiger partial charge on any atom is -0.483 e. The summed E-state index contributed by atoms with van der Waals surface area (Å²) in [6.45, 7) is 2.39. The number of nitrogens with zero attached hydrogens (tertiary/aromatic N) is 2. The predicted octanol–water partition coefficient (Wildman–Crippen LogP) is 3.98. The summed E-state index contributed by atoms with van der Waals surface area (Å²) in [7, 11) is 0. The van der Waals surface area contributed by atoms with Crippen LogP contribution in [0.25, 0.3) is 0 Å². The second-order valence-electron chi connectivity index (χ2n) is 7.45. The quantitative estimate of drug-likeness (QED) is 0.579. The van der Waals surface area contributed by atoms with E-state index in [2.05, 4.69) is 19.1 Å². The van der Waals surface area contributed by atoms with Gasteiger partial charge >= 0.3 is 0 Å². The van der Waals surface area contributed by atoms with Gasteiger partial charge in [-0.25, -0.2) is 4.99 Å². The molecule has 1 amide bonds. The van der Waals surface area contributed by atoms with Crippen LogP contribution in [0.2, 0.25) is 0 Å². The molecule has 4 rings (SSSR count). The Balaban J connectivity index is 0.000000913. The van der Waals surface area contributed by atoms with E-state index >= 15 is 0 Å². The molecule has 1 atom stereocenters. The molecule has 0 radical (unpaired) electrons. The third kappa shape index (κ3) is 4.39. The van der Waals surface area contributed by atoms with Crippen molar-refractivity contribution in [1.82, 2.24) is 4.90 Å². The van der Waals surface area contributed by atoms with Crippen molar-refractivity contribution in [3.8, 4) is 0 Å². The molecule has 0 spiro atoms. The van der Waals surface area contributed by atoms with Crippen molar-refractivity contribution >= 4 is 18.3 Å². The molecule has 1 aliphatic heterocycles. The Morgan fingerprint density at radius 2 is 1.38 bits per heavy atom. The number of guanidine groups is 1. The van der Waals surface area contributed by atoms with E-state index < -0.39 is 5.54 Å². The highest BCUT2D eigenvalue weighted by molar-refractivity contribution is 6.09. The van der Waals surface area contributed by atoms with E-state index in [0.717, 1.165) is 17.5 Å². The topological polar surface area (TPSA) is 96.0 Å². The van der Waals surface area contributed by atoms with Gasteiger partial charge in [-0.2, -0.15) is 0 Å². The van der Waals surface area contributed by atoms with Gasteiger partial charge in [-0.15, -0.1) is 0 Å². The van der Waals surface area contributed by atoms with Gasteiger partial charge in [0, 0.05) is 12.5 Å². The van der Waals surface area contributed by atoms with E-state index in [0.29, 0.717) is 6.54 Å². The molecule has 1 aliphatic rings. The van der Waals surface area contributed by atoms with Gasteiger partial charge in [-0.3, -0.25) is 14.5 Å². The molecule has 3 aromatic carbocycles. The molecule has 3 N–H and O–H groups in total. The number of amides is 1. The Morgan fingerprint density at radius 3 is 1.81 bits per heavy atom. The fourth-order valence-corrected chi connectivity index (χ4v) is 4.07. The number of hydrogen-bond donors (Lipinski definition) is 2. The zero-order valence-corrected chi connectivity index (χ0v) is 18.0. The number of aliphatic imine (C=N–C) groups is 1. The Morgan fingerprint density at radius 1 is 0.938 bits per heavy atom. The lowest BCUT2D eigenvalue weighted by Gasteiger charge is -2.29. The molecule has 6 heteroatoms. The monoisotopic (exact) mass is 429 g/mol. The Kier molecular flexibility index (Phi) is 7.39. The molecule has 0 saturated carbocycles. The van der Waals surface area contributed by atoms with E-state index in [-0.39, 0.29) is 24.3 Å². The predicted molar refractivity (Wildman–Crippen MR) is 125 cm³/mol. The highest BCUT2D eigenvalue weighted by Crippen LogP contribution is 2.40. The number of benzene rings is 3. The van der Waals surface area contributed by atoms with Crippen molar-refractivity contribution in [3.05, 3.63) is 108 Å². The molecule has 32 heavy (non-hydrogen) atoms. The fourth-order valence-electron chi connectivity index (χ4n) is 4.07. The first-order chi connectivity index (χ1) is 15.6. The molecule has 6 nitrogen and oxygen atoms in total. The van der Waals surface area contributed by atoms with Crippen LogP contribution in [0.15, 0.2) is 96.0 Å². The van der Waals surface area contributed by atoms with Gasteiger partial charge in [0.15, 0.2) is 11.5 Å². The molecule has 1 heterocycles. The molecule has 0 saturated heterocycles. The lowest BCUT2D eigenvalue weighted by molar-refractivity contribution is -0.130. The standard InChI is InChI=1S/C25H25N3O.CH2O2/c1-2-19(20-12-6-3-7-13-20)18-28-23(29)25(27-24(28)26,21-14-8-4-9-15-21)22-16-10-5-11-17-22;2-1-3/h3-17,19H,2,18H2,1H3,(H2,26,27);1H,(H,2,3). The number of rotatable bonds is 6. The van der Waals surface area contributed by atoms with Gasteiger partial charge in [0.25, 0.3) is 12.4 Å². The van der Waals surface area contributed by atoms with E-state index in [1.807, 2.05) is 78.9 Å². The lowest BCUT2D eigenvalue weighted by Crippen LogP contribution is -2.45. The van der Waals surface area contributed by atoms with E-state index in [1.54, 1.807) is 4.90 Å². The van der Waals surface area contributed by atoms with Crippen molar-refractivity contribution in [2.75, 3.05) is 6.54 Å². The van der Waals surface area contributed by atoms with Gasteiger partial charge < -0.3 is 10.8 Å². The van der Waals surface area contributed by atoms with Gasteiger partial charge in [0.05, 0.1) is 0 Å². The average Bonchev–Trinajstić information content (AvgIpc) is 3.10. The number of nitrogens with two attached hydrogens (primary N) is 1. The van der Waals surface area contributed by atoms with Gasteiger partial charge in [0.1, 0.15) is 0 Å². The van der Waals surface area contributed by atoms with Crippen LogP contribution in [0.5, 0.6) is 0 Å². The Hall–Kier alpha value is -3.93. The van der Waals surface area contributed by atoms with Crippen molar-refractivity contribution in [1.29, 1.82) is 0 Å². The minimum absolute atomic E-state index is 0.0956. The van der Waals surface area contributed by atoms with E-state index in [9.17, 15) is 4.79 Å². The largest absolute Gasteiger partial charge is 0.483 e. The molecule has 0 bridgehead atoms. The summed E-state index contributed by atoms with van der Waals surface area (Å²) in [5, 5.41) is 6.89. The van der Waals surface area contributed by atoms with Crippen LogP contribution in [-0.4, -0.2) is 34.9 Å². The number of carboxylic acid groups (broad SMARTS) is 1. The Bertz CT molecular complexity index is 1010. The van der Waals surface area contributed by atoms with Crippen LogP contribution in [0, 0.1) is 0 Å². The molecule has 3 aromatic rings. The first kappa shape index (κ1) is 22.7. The van der Waals surface area contributed by atoms with Crippen LogP contribution in [0.3, 0.4) is 0 Å². The lowest BCUT2D eigenvalue weighted by atomic mass is 9.82. The van der Waals surface area contributed by atoms with Crippen LogP contribution in [0.4, 0.5) is 0 Å². The fraction of sp³-hybridized carbons (Fsp3) is 0.192. The van der Waals surface area contributed by atoms with Gasteiger partial charge in [-0.05, 0) is 23.1 Å². The highest BCUT2D eigenvalue weighted by atomic mass is 16.3. The zero-order chi connectivity index (χ0) is 23.0. The van der Waals surface area contributed by atoms with Crippen molar-refractivity contribution in [3.63, 3.8) is 0 Å². The molecule has 0 aromatic heterocycles. The molecule has 1 unspecified atom stereocenters. The summed E-state index contributed by atoms with van der Waals surface area (Å²) in [6, 6.07) is 29.6. The second-order valence-corrected chi connectivity index (χ2v) is 7.45. The maximum absolute atomic E-state index is 13.9. The van der Waals surface area contributed by atoms with Crippen LogP contribution >= 0.6 is 0 Å². The van der Waals surface area contributed by atoms with Crippen molar-refractivity contribution in [2.24, 2.45) is 10.7 Å². The molecular formula is C26H27N3O3. The Labute approximate surface area is 188 Å². The smallest absolute Gasteiger partial charge is 0.290 e. The van der Waals surface area contributed by atoms with Crippen LogP contribution in [0.1, 0.15) is 36.0 Å². The average molecular weight is 430 g/mol. The third-order valence-corrected chi connectivity index (χ3v) is 5.66. The van der Waals surface area contributed by atoms with Crippen LogP contribution in [-0.2, 0) is 15.1 Å². The minimum atomic E-state index is -1.14. The normalized spacial score (nSPS) is 15.3. The van der Waals surface area contributed by atoms with E-state index in [4.69, 9.17) is 20.6 Å². The first-order valence-electron chi connectivity index (χ1n) is 10.5. The second kappa shape index (κ2) is 10.4. The van der Waals surface area contributed by atoms with Crippen LogP contribution < -0.4 is 5.73 Å². The molecule has 164 valence electrons. The maximum Gasteiger partial charge on any atom is 0.290 e. The summed E-state index contributed by atoms with van der Waals surface area (Å²) in [5.74, 6) is 0.370. The third-order valence-electron chi connectivity index (χ3n) is 5.66. The number of hydrogen-bond acceptors (Lipinski definition) is 4. The van der Waals surface area contributed by atoms with Gasteiger partial charge in [0.2, 0.25) is 0 Å².